The zero-order valence-corrected chi connectivity index (χ0v) is 11.9. The van der Waals surface area contributed by atoms with Crippen molar-refractivity contribution in [2.45, 2.75) is 24.8 Å². The molecule has 0 aliphatic carbocycles. The van der Waals surface area contributed by atoms with Crippen LogP contribution in [0, 0.1) is 0 Å². The number of rotatable bonds is 1. The maximum Gasteiger partial charge on any atom is 0.305 e. The first-order valence-corrected chi connectivity index (χ1v) is 7.27. The van der Waals surface area contributed by atoms with E-state index in [0.717, 1.165) is 0 Å². The van der Waals surface area contributed by atoms with Gasteiger partial charge in [-0.25, -0.2) is 0 Å². The molecule has 0 saturated heterocycles. The van der Waals surface area contributed by atoms with E-state index in [0.29, 0.717) is 5.69 Å². The minimum absolute atomic E-state index is 0.0204. The van der Waals surface area contributed by atoms with Crippen molar-refractivity contribution in [3.8, 4) is 0 Å². The molecular formula is C10H10Cl2N2O3S. The predicted octanol–water partition coefficient (Wildman–Crippen LogP) is 2.89. The molecule has 0 spiro atoms. The Bertz CT molecular complexity index is 626. The highest BCUT2D eigenvalue weighted by atomic mass is 35.5. The molecule has 0 atom stereocenters. The van der Waals surface area contributed by atoms with E-state index in [2.05, 4.69) is 9.71 Å². The smallest absolute Gasteiger partial charge is 0.305 e. The van der Waals surface area contributed by atoms with Gasteiger partial charge in [0.2, 0.25) is 0 Å². The van der Waals surface area contributed by atoms with Crippen LogP contribution in [0.15, 0.2) is 21.4 Å². The Kier molecular flexibility index (Phi) is 3.44. The van der Waals surface area contributed by atoms with Gasteiger partial charge in [-0.2, -0.15) is 8.42 Å². The number of hydrogen-bond acceptors (Lipinski definition) is 4. The summed E-state index contributed by atoms with van der Waals surface area (Å²) in [5.74, 6) is 0. The van der Waals surface area contributed by atoms with Crippen LogP contribution in [0.2, 0.25) is 10.0 Å². The molecule has 1 aromatic carbocycles. The van der Waals surface area contributed by atoms with Gasteiger partial charge in [0.15, 0.2) is 0 Å². The molecule has 0 amide bonds. The lowest BCUT2D eigenvalue weighted by molar-refractivity contribution is 0.228. The van der Waals surface area contributed by atoms with E-state index in [1.807, 2.05) is 0 Å². The van der Waals surface area contributed by atoms with Crippen LogP contribution in [0.4, 0.5) is 5.69 Å². The Balaban J connectivity index is 2.52. The van der Waals surface area contributed by atoms with Gasteiger partial charge in [0.1, 0.15) is 4.90 Å². The van der Waals surface area contributed by atoms with Gasteiger partial charge in [0.25, 0.3) is 10.0 Å². The molecule has 1 aliphatic rings. The Morgan fingerprint density at radius 1 is 1.28 bits per heavy atom. The van der Waals surface area contributed by atoms with Gasteiger partial charge in [0, 0.05) is 0 Å². The highest BCUT2D eigenvalue weighted by Crippen LogP contribution is 2.34. The number of nitrogens with one attached hydrogen (secondary N) is 1. The summed E-state index contributed by atoms with van der Waals surface area (Å²) in [6.45, 7) is 3.53. The van der Waals surface area contributed by atoms with E-state index in [4.69, 9.17) is 27.9 Å². The molecule has 5 nitrogen and oxygen atoms in total. The van der Waals surface area contributed by atoms with E-state index in [-0.39, 0.29) is 27.1 Å². The lowest BCUT2D eigenvalue weighted by Crippen LogP contribution is -2.26. The first kappa shape index (κ1) is 13.5. The summed E-state index contributed by atoms with van der Waals surface area (Å²) in [5, 5.41) is 3.17. The number of benzene rings is 1. The van der Waals surface area contributed by atoms with Crippen LogP contribution in [-0.4, -0.2) is 20.5 Å². The van der Waals surface area contributed by atoms with Gasteiger partial charge in [-0.15, -0.1) is 4.40 Å². The summed E-state index contributed by atoms with van der Waals surface area (Å²) < 4.78 is 32.6. The molecule has 0 unspecified atom stereocenters. The van der Waals surface area contributed by atoms with Crippen molar-refractivity contribution in [2.24, 2.45) is 4.40 Å². The Hall–Kier alpha value is -0.980. The van der Waals surface area contributed by atoms with E-state index in [9.17, 15) is 8.42 Å². The van der Waals surface area contributed by atoms with E-state index >= 15 is 0 Å². The van der Waals surface area contributed by atoms with Crippen molar-refractivity contribution < 1.29 is 13.2 Å². The average molecular weight is 309 g/mol. The van der Waals surface area contributed by atoms with Crippen LogP contribution in [0.25, 0.3) is 0 Å². The second kappa shape index (κ2) is 4.60. The number of amidine groups is 1. The number of halogens is 2. The van der Waals surface area contributed by atoms with Crippen LogP contribution in [0.5, 0.6) is 0 Å². The third-order valence-electron chi connectivity index (χ3n) is 2.09. The molecule has 1 aliphatic heterocycles. The summed E-state index contributed by atoms with van der Waals surface area (Å²) in [7, 11) is -3.82. The molecule has 98 valence electrons. The molecule has 0 fully saturated rings. The molecule has 1 aromatic rings. The highest BCUT2D eigenvalue weighted by Gasteiger charge is 2.27. The number of sulfonamides is 1. The van der Waals surface area contributed by atoms with Crippen molar-refractivity contribution in [1.29, 1.82) is 0 Å². The molecule has 18 heavy (non-hydrogen) atoms. The number of anilines is 1. The van der Waals surface area contributed by atoms with E-state index in [1.165, 1.54) is 12.1 Å². The van der Waals surface area contributed by atoms with Crippen LogP contribution >= 0.6 is 23.2 Å². The van der Waals surface area contributed by atoms with Crippen molar-refractivity contribution in [2.75, 3.05) is 5.32 Å². The zero-order chi connectivity index (χ0) is 13.5. The van der Waals surface area contributed by atoms with Crippen molar-refractivity contribution in [3.63, 3.8) is 0 Å². The first-order valence-electron chi connectivity index (χ1n) is 5.07. The number of ether oxygens (including phenoxy) is 1. The number of fused-ring (bicyclic) bond motifs is 1. The quantitative estimate of drug-likeness (QED) is 0.866. The summed E-state index contributed by atoms with van der Waals surface area (Å²) in [6, 6.07) is 2.61. The van der Waals surface area contributed by atoms with Gasteiger partial charge >= 0.3 is 6.02 Å². The average Bonchev–Trinajstić information content (AvgIpc) is 2.19. The normalized spacial score (nSPS) is 16.8. The minimum atomic E-state index is -3.82. The monoisotopic (exact) mass is 308 g/mol. The molecule has 0 radical (unpaired) electrons. The van der Waals surface area contributed by atoms with Gasteiger partial charge in [0.05, 0.1) is 21.8 Å². The molecule has 0 aromatic heterocycles. The Morgan fingerprint density at radius 2 is 1.89 bits per heavy atom. The number of hydrogen-bond donors (Lipinski definition) is 1. The third kappa shape index (κ3) is 2.55. The molecule has 0 saturated carbocycles. The van der Waals surface area contributed by atoms with Crippen molar-refractivity contribution >= 4 is 44.9 Å². The third-order valence-corrected chi connectivity index (χ3v) is 4.11. The van der Waals surface area contributed by atoms with Gasteiger partial charge < -0.3 is 10.1 Å². The second-order valence-electron chi connectivity index (χ2n) is 3.93. The standard InChI is InChI=1S/C10H10Cl2N2O3S/c1-5(2)17-10-13-8-3-6(11)7(12)4-9(8)18(15,16)14-10/h3-5H,1-2H3,(H,13,14). The Morgan fingerprint density at radius 3 is 2.50 bits per heavy atom. The van der Waals surface area contributed by atoms with E-state index < -0.39 is 10.0 Å². The molecule has 2 rings (SSSR count). The summed E-state index contributed by atoms with van der Waals surface area (Å²) >= 11 is 11.6. The lowest BCUT2D eigenvalue weighted by Gasteiger charge is -2.20. The minimum Gasteiger partial charge on any atom is -0.462 e. The van der Waals surface area contributed by atoms with Crippen LogP contribution in [-0.2, 0) is 14.8 Å². The molecule has 8 heteroatoms. The molecule has 0 bridgehead atoms. The Labute approximate surface area is 115 Å². The largest absolute Gasteiger partial charge is 0.462 e. The van der Waals surface area contributed by atoms with Gasteiger partial charge in [-0.05, 0) is 26.0 Å². The fraction of sp³-hybridized carbons (Fsp3) is 0.300. The van der Waals surface area contributed by atoms with Crippen LogP contribution in [0.1, 0.15) is 13.8 Å². The SMILES string of the molecule is CC(C)OC1=NS(=O)(=O)c2cc(Cl)c(Cl)cc2N1. The maximum atomic E-state index is 11.9. The molecule has 1 heterocycles. The van der Waals surface area contributed by atoms with Crippen molar-refractivity contribution in [1.82, 2.24) is 0 Å². The van der Waals surface area contributed by atoms with Crippen LogP contribution in [0.3, 0.4) is 0 Å². The zero-order valence-electron chi connectivity index (χ0n) is 9.57. The number of nitrogens with zero attached hydrogens (tertiary/aromatic N) is 1. The highest BCUT2D eigenvalue weighted by molar-refractivity contribution is 7.90. The second-order valence-corrected chi connectivity index (χ2v) is 6.31. The van der Waals surface area contributed by atoms with E-state index in [1.54, 1.807) is 13.8 Å². The lowest BCUT2D eigenvalue weighted by atomic mass is 10.3. The fourth-order valence-electron chi connectivity index (χ4n) is 1.41. The summed E-state index contributed by atoms with van der Waals surface area (Å²) in [6.07, 6.45) is -0.198. The molecular weight excluding hydrogens is 299 g/mol. The topological polar surface area (TPSA) is 67.8 Å². The van der Waals surface area contributed by atoms with Crippen LogP contribution < -0.4 is 5.32 Å². The van der Waals surface area contributed by atoms with Gasteiger partial charge in [-0.3, -0.25) is 0 Å². The first-order chi connectivity index (χ1) is 8.29. The van der Waals surface area contributed by atoms with Crippen molar-refractivity contribution in [3.05, 3.63) is 22.2 Å². The molecule has 1 N–H and O–H groups in total. The van der Waals surface area contributed by atoms with Gasteiger partial charge in [-0.1, -0.05) is 23.2 Å². The predicted molar refractivity (Wildman–Crippen MR) is 70.9 cm³/mol. The summed E-state index contributed by atoms with van der Waals surface area (Å²) in [4.78, 5) is -0.0204. The summed E-state index contributed by atoms with van der Waals surface area (Å²) in [5.41, 5.74) is 0.301. The maximum absolute atomic E-state index is 11.9. The fourth-order valence-corrected chi connectivity index (χ4v) is 2.86.